The molecule has 4 nitrogen and oxygen atoms in total. The van der Waals surface area contributed by atoms with Gasteiger partial charge in [0.15, 0.2) is 6.29 Å². The Bertz CT molecular complexity index is 924. The maximum atomic E-state index is 14.0. The molecule has 0 radical (unpaired) electrons. The van der Waals surface area contributed by atoms with E-state index in [4.69, 9.17) is 0 Å². The maximum Gasteiger partial charge on any atom is 0.173 e. The zero-order valence-electron chi connectivity index (χ0n) is 14.2. The Balaban J connectivity index is 1.42. The number of aromatic nitrogens is 1. The van der Waals surface area contributed by atoms with E-state index in [0.29, 0.717) is 5.56 Å². The van der Waals surface area contributed by atoms with E-state index in [1.54, 1.807) is 18.3 Å². The number of hydrogen-bond donors (Lipinski definition) is 2. The average Bonchev–Trinajstić information content (AvgIpc) is 2.69. The molecule has 1 aromatic heterocycles. The van der Waals surface area contributed by atoms with E-state index in [1.165, 1.54) is 6.07 Å². The average molecular weight is 346 g/mol. The van der Waals surface area contributed by atoms with Gasteiger partial charge in [-0.1, -0.05) is 30.3 Å². The first-order chi connectivity index (χ1) is 12.8. The van der Waals surface area contributed by atoms with E-state index in [0.717, 1.165) is 35.5 Å². The van der Waals surface area contributed by atoms with Gasteiger partial charge in [-0.05, 0) is 35.9 Å². The highest BCUT2D eigenvalue weighted by Gasteiger charge is 2.14. The van der Waals surface area contributed by atoms with Crippen LogP contribution in [-0.4, -0.2) is 24.0 Å². The first-order valence-electron chi connectivity index (χ1n) is 8.61. The second-order valence-corrected chi connectivity index (χ2v) is 6.13. The molecule has 0 amide bonds. The normalized spacial score (nSPS) is 15.3. The van der Waals surface area contributed by atoms with Crippen LogP contribution in [-0.2, 0) is 6.42 Å². The fourth-order valence-electron chi connectivity index (χ4n) is 2.99. The molecule has 0 fully saturated rings. The molecule has 0 saturated heterocycles. The summed E-state index contributed by atoms with van der Waals surface area (Å²) in [5, 5.41) is 6.71. The molecule has 1 aliphatic heterocycles. The predicted molar refractivity (Wildman–Crippen MR) is 103 cm³/mol. The number of hydrogen-bond acceptors (Lipinski definition) is 4. The number of rotatable bonds is 5. The zero-order chi connectivity index (χ0) is 17.8. The number of anilines is 1. The van der Waals surface area contributed by atoms with Crippen molar-refractivity contribution in [2.75, 3.05) is 11.9 Å². The van der Waals surface area contributed by atoms with E-state index in [9.17, 15) is 4.39 Å². The van der Waals surface area contributed by atoms with E-state index in [2.05, 4.69) is 20.6 Å². The molecule has 1 aliphatic rings. The van der Waals surface area contributed by atoms with Gasteiger partial charge in [-0.3, -0.25) is 15.3 Å². The van der Waals surface area contributed by atoms with Crippen LogP contribution in [0, 0.1) is 5.82 Å². The SMILES string of the molecule is Fc1ccccc1-c1ccc2c(c1)C=NC(NCCc1ccccn1)N2. The Hall–Kier alpha value is -3.05. The van der Waals surface area contributed by atoms with Crippen LogP contribution in [0.5, 0.6) is 0 Å². The highest BCUT2D eigenvalue weighted by atomic mass is 19.1. The zero-order valence-corrected chi connectivity index (χ0v) is 14.2. The Morgan fingerprint density at radius 2 is 1.92 bits per heavy atom. The monoisotopic (exact) mass is 346 g/mol. The first kappa shape index (κ1) is 16.4. The minimum atomic E-state index is -0.220. The second kappa shape index (κ2) is 7.45. The summed E-state index contributed by atoms with van der Waals surface area (Å²) in [5.74, 6) is -0.220. The van der Waals surface area contributed by atoms with Crippen molar-refractivity contribution < 1.29 is 4.39 Å². The summed E-state index contributed by atoms with van der Waals surface area (Å²) in [7, 11) is 0. The van der Waals surface area contributed by atoms with Gasteiger partial charge in [-0.25, -0.2) is 4.39 Å². The highest BCUT2D eigenvalue weighted by molar-refractivity contribution is 5.92. The highest BCUT2D eigenvalue weighted by Crippen LogP contribution is 2.28. The van der Waals surface area contributed by atoms with Crippen molar-refractivity contribution in [2.45, 2.75) is 12.7 Å². The molecule has 2 aromatic carbocycles. The predicted octanol–water partition coefficient (Wildman–Crippen LogP) is 3.85. The Labute approximate surface area is 151 Å². The molecule has 0 saturated carbocycles. The summed E-state index contributed by atoms with van der Waals surface area (Å²) in [6, 6.07) is 18.6. The van der Waals surface area contributed by atoms with Crippen molar-refractivity contribution in [1.82, 2.24) is 10.3 Å². The first-order valence-corrected chi connectivity index (χ1v) is 8.61. The lowest BCUT2D eigenvalue weighted by molar-refractivity contribution is 0.578. The van der Waals surface area contributed by atoms with E-state index < -0.39 is 0 Å². The Kier molecular flexibility index (Phi) is 4.71. The molecule has 130 valence electrons. The third-order valence-electron chi connectivity index (χ3n) is 4.34. The number of fused-ring (bicyclic) bond motifs is 1. The number of nitrogens with one attached hydrogen (secondary N) is 2. The third kappa shape index (κ3) is 3.63. The standard InChI is InChI=1S/C21H19FN4/c22-19-7-2-1-6-18(19)15-8-9-20-16(13-15)14-25-21(26-20)24-12-10-17-5-3-4-11-23-17/h1-9,11,13-14,21,24,26H,10,12H2. The lowest BCUT2D eigenvalue weighted by Crippen LogP contribution is -2.38. The summed E-state index contributed by atoms with van der Waals surface area (Å²) in [4.78, 5) is 8.81. The summed E-state index contributed by atoms with van der Waals surface area (Å²) >= 11 is 0. The summed E-state index contributed by atoms with van der Waals surface area (Å²) in [6.45, 7) is 0.772. The molecule has 2 N–H and O–H groups in total. The van der Waals surface area contributed by atoms with Crippen LogP contribution in [0.25, 0.3) is 11.1 Å². The molecule has 0 bridgehead atoms. The van der Waals surface area contributed by atoms with Gasteiger partial charge in [0.1, 0.15) is 5.82 Å². The van der Waals surface area contributed by atoms with Crippen LogP contribution in [0.2, 0.25) is 0 Å². The molecule has 2 heterocycles. The van der Waals surface area contributed by atoms with Crippen LogP contribution >= 0.6 is 0 Å². The van der Waals surface area contributed by atoms with Gasteiger partial charge in [0.2, 0.25) is 0 Å². The number of nitrogens with zero attached hydrogens (tertiary/aromatic N) is 2. The summed E-state index contributed by atoms with van der Waals surface area (Å²) in [5.41, 5.74) is 4.43. The molecule has 3 aromatic rings. The van der Waals surface area contributed by atoms with Gasteiger partial charge >= 0.3 is 0 Å². The van der Waals surface area contributed by atoms with E-state index >= 15 is 0 Å². The lowest BCUT2D eigenvalue weighted by Gasteiger charge is -2.23. The van der Waals surface area contributed by atoms with Crippen LogP contribution in [0.4, 0.5) is 10.1 Å². The van der Waals surface area contributed by atoms with Gasteiger partial charge in [-0.15, -0.1) is 0 Å². The number of pyridine rings is 1. The molecule has 5 heteroatoms. The van der Waals surface area contributed by atoms with E-state index in [1.807, 2.05) is 48.7 Å². The van der Waals surface area contributed by atoms with Crippen molar-refractivity contribution in [3.05, 3.63) is 83.9 Å². The van der Waals surface area contributed by atoms with Gasteiger partial charge in [-0.2, -0.15) is 0 Å². The van der Waals surface area contributed by atoms with Crippen molar-refractivity contribution in [3.63, 3.8) is 0 Å². The van der Waals surface area contributed by atoms with Crippen molar-refractivity contribution in [1.29, 1.82) is 0 Å². The molecule has 0 spiro atoms. The summed E-state index contributed by atoms with van der Waals surface area (Å²) < 4.78 is 14.0. The van der Waals surface area contributed by atoms with Gasteiger partial charge in [0.05, 0.1) is 0 Å². The molecule has 1 atom stereocenters. The smallest absolute Gasteiger partial charge is 0.173 e. The quantitative estimate of drug-likeness (QED) is 0.738. The molecule has 4 rings (SSSR count). The number of benzene rings is 2. The fourth-order valence-corrected chi connectivity index (χ4v) is 2.99. The van der Waals surface area contributed by atoms with Crippen molar-refractivity contribution >= 4 is 11.9 Å². The Morgan fingerprint density at radius 3 is 2.77 bits per heavy atom. The van der Waals surface area contributed by atoms with Crippen LogP contribution in [0.3, 0.4) is 0 Å². The van der Waals surface area contributed by atoms with Crippen LogP contribution in [0.1, 0.15) is 11.3 Å². The maximum absolute atomic E-state index is 14.0. The van der Waals surface area contributed by atoms with Crippen molar-refractivity contribution in [2.24, 2.45) is 4.99 Å². The summed E-state index contributed by atoms with van der Waals surface area (Å²) in [6.07, 6.45) is 4.29. The Morgan fingerprint density at radius 1 is 1.04 bits per heavy atom. The fraction of sp³-hybridized carbons (Fsp3) is 0.143. The van der Waals surface area contributed by atoms with Gasteiger partial charge in [0, 0.05) is 47.9 Å². The third-order valence-corrected chi connectivity index (χ3v) is 4.34. The molecule has 0 aliphatic carbocycles. The van der Waals surface area contributed by atoms with Crippen LogP contribution < -0.4 is 10.6 Å². The molecular formula is C21H19FN4. The van der Waals surface area contributed by atoms with E-state index in [-0.39, 0.29) is 12.1 Å². The molecule has 26 heavy (non-hydrogen) atoms. The minimum absolute atomic E-state index is 0.175. The molecule has 1 unspecified atom stereocenters. The van der Waals surface area contributed by atoms with Gasteiger partial charge in [0.25, 0.3) is 0 Å². The van der Waals surface area contributed by atoms with Gasteiger partial charge < -0.3 is 5.32 Å². The molecular weight excluding hydrogens is 327 g/mol. The lowest BCUT2D eigenvalue weighted by atomic mass is 10.0. The second-order valence-electron chi connectivity index (χ2n) is 6.13. The topological polar surface area (TPSA) is 49.3 Å². The largest absolute Gasteiger partial charge is 0.351 e. The minimum Gasteiger partial charge on any atom is -0.351 e. The van der Waals surface area contributed by atoms with Crippen molar-refractivity contribution in [3.8, 4) is 11.1 Å². The number of halogens is 1. The number of aliphatic imine (C=N–C) groups is 1. The van der Waals surface area contributed by atoms with Crippen LogP contribution in [0.15, 0.2) is 71.9 Å².